The number of pyridine rings is 1. The highest BCUT2D eigenvalue weighted by Gasteiger charge is 2.14. The predicted molar refractivity (Wildman–Crippen MR) is 104 cm³/mol. The van der Waals surface area contributed by atoms with Crippen molar-refractivity contribution < 1.29 is 9.47 Å². The monoisotopic (exact) mass is 348 g/mol. The summed E-state index contributed by atoms with van der Waals surface area (Å²) in [7, 11) is 0. The van der Waals surface area contributed by atoms with E-state index in [-0.39, 0.29) is 6.04 Å². The lowest BCUT2D eigenvalue weighted by Gasteiger charge is -2.19. The van der Waals surface area contributed by atoms with Gasteiger partial charge in [0.05, 0.1) is 18.3 Å². The van der Waals surface area contributed by atoms with E-state index in [1.54, 1.807) is 0 Å². The van der Waals surface area contributed by atoms with Gasteiger partial charge in [0.2, 0.25) is 0 Å². The molecule has 1 N–H and O–H groups in total. The van der Waals surface area contributed by atoms with Crippen LogP contribution in [0.1, 0.15) is 24.2 Å². The second-order valence-electron chi connectivity index (χ2n) is 5.81. The number of benzene rings is 2. The summed E-state index contributed by atoms with van der Waals surface area (Å²) in [6.07, 6.45) is 1.82. The molecular formula is C22H24N2O2. The minimum atomic E-state index is 0.0429. The van der Waals surface area contributed by atoms with Gasteiger partial charge < -0.3 is 14.8 Å². The summed E-state index contributed by atoms with van der Waals surface area (Å²) >= 11 is 0. The Bertz CT molecular complexity index is 722. The lowest BCUT2D eigenvalue weighted by Crippen LogP contribution is -2.27. The van der Waals surface area contributed by atoms with E-state index in [0.717, 1.165) is 17.2 Å². The first-order valence-electron chi connectivity index (χ1n) is 8.91. The molecule has 0 saturated heterocycles. The maximum atomic E-state index is 5.82. The number of nitrogens with zero attached hydrogens (tertiary/aromatic N) is 1. The standard InChI is InChI=1S/C22H24N2O2/c1-2-25-19-11-13-20(14-12-19)26-17-16-24-22(18-8-4-3-5-9-18)21-10-6-7-15-23-21/h3-15,22,24H,2,16-17H2,1H3. The van der Waals surface area contributed by atoms with Crippen LogP contribution in [0, 0.1) is 0 Å². The molecule has 4 heteroatoms. The summed E-state index contributed by atoms with van der Waals surface area (Å²) in [5.74, 6) is 1.70. The maximum absolute atomic E-state index is 5.82. The average molecular weight is 348 g/mol. The largest absolute Gasteiger partial charge is 0.494 e. The smallest absolute Gasteiger partial charge is 0.119 e. The molecule has 0 saturated carbocycles. The lowest BCUT2D eigenvalue weighted by molar-refractivity contribution is 0.307. The molecule has 0 radical (unpaired) electrons. The van der Waals surface area contributed by atoms with Crippen molar-refractivity contribution in [1.29, 1.82) is 0 Å². The normalized spacial score (nSPS) is 11.7. The highest BCUT2D eigenvalue weighted by molar-refractivity contribution is 5.31. The zero-order valence-electron chi connectivity index (χ0n) is 15.0. The summed E-state index contributed by atoms with van der Waals surface area (Å²) in [4.78, 5) is 4.50. The molecule has 0 amide bonds. The molecule has 26 heavy (non-hydrogen) atoms. The Morgan fingerprint density at radius 3 is 2.19 bits per heavy atom. The summed E-state index contributed by atoms with van der Waals surface area (Å²) in [6, 6.07) is 24.1. The number of hydrogen-bond donors (Lipinski definition) is 1. The van der Waals surface area contributed by atoms with Crippen LogP contribution in [0.3, 0.4) is 0 Å². The number of nitrogens with one attached hydrogen (secondary N) is 1. The summed E-state index contributed by atoms with van der Waals surface area (Å²) in [5, 5.41) is 3.54. The first-order chi connectivity index (χ1) is 12.9. The van der Waals surface area contributed by atoms with Gasteiger partial charge in [-0.2, -0.15) is 0 Å². The summed E-state index contributed by atoms with van der Waals surface area (Å²) < 4.78 is 11.3. The summed E-state index contributed by atoms with van der Waals surface area (Å²) in [5.41, 5.74) is 2.19. The fourth-order valence-corrected chi connectivity index (χ4v) is 2.76. The Morgan fingerprint density at radius 1 is 0.846 bits per heavy atom. The van der Waals surface area contributed by atoms with Gasteiger partial charge in [-0.05, 0) is 48.9 Å². The van der Waals surface area contributed by atoms with Crippen molar-refractivity contribution in [2.45, 2.75) is 13.0 Å². The third-order valence-electron chi connectivity index (χ3n) is 3.97. The zero-order chi connectivity index (χ0) is 18.0. The maximum Gasteiger partial charge on any atom is 0.119 e. The quantitative estimate of drug-likeness (QED) is 0.588. The molecule has 0 fully saturated rings. The molecule has 1 aromatic heterocycles. The van der Waals surface area contributed by atoms with E-state index >= 15 is 0 Å². The zero-order valence-corrected chi connectivity index (χ0v) is 15.0. The van der Waals surface area contributed by atoms with Crippen molar-refractivity contribution in [1.82, 2.24) is 10.3 Å². The second-order valence-corrected chi connectivity index (χ2v) is 5.81. The molecular weight excluding hydrogens is 324 g/mol. The highest BCUT2D eigenvalue weighted by Crippen LogP contribution is 2.20. The van der Waals surface area contributed by atoms with Gasteiger partial charge in [0.15, 0.2) is 0 Å². The van der Waals surface area contributed by atoms with E-state index in [0.29, 0.717) is 19.8 Å². The molecule has 1 unspecified atom stereocenters. The van der Waals surface area contributed by atoms with Crippen LogP contribution in [0.25, 0.3) is 0 Å². The van der Waals surface area contributed by atoms with Gasteiger partial charge in [0, 0.05) is 12.7 Å². The van der Waals surface area contributed by atoms with Crippen molar-refractivity contribution in [3.63, 3.8) is 0 Å². The van der Waals surface area contributed by atoms with Gasteiger partial charge >= 0.3 is 0 Å². The Kier molecular flexibility index (Phi) is 6.62. The van der Waals surface area contributed by atoms with Crippen molar-refractivity contribution >= 4 is 0 Å². The molecule has 134 valence electrons. The van der Waals surface area contributed by atoms with E-state index < -0.39 is 0 Å². The van der Waals surface area contributed by atoms with Crippen LogP contribution in [0.15, 0.2) is 79.0 Å². The minimum Gasteiger partial charge on any atom is -0.494 e. The van der Waals surface area contributed by atoms with Crippen molar-refractivity contribution in [2.24, 2.45) is 0 Å². The highest BCUT2D eigenvalue weighted by atomic mass is 16.5. The van der Waals surface area contributed by atoms with Crippen molar-refractivity contribution in [2.75, 3.05) is 19.8 Å². The topological polar surface area (TPSA) is 43.4 Å². The number of rotatable bonds is 9. The van der Waals surface area contributed by atoms with Gasteiger partial charge in [-0.1, -0.05) is 36.4 Å². The Labute approximate surface area is 154 Å². The number of aromatic nitrogens is 1. The van der Waals surface area contributed by atoms with Crippen LogP contribution in [0.2, 0.25) is 0 Å². The molecule has 3 aromatic rings. The molecule has 1 heterocycles. The first kappa shape index (κ1) is 18.0. The Morgan fingerprint density at radius 2 is 1.54 bits per heavy atom. The number of hydrogen-bond acceptors (Lipinski definition) is 4. The van der Waals surface area contributed by atoms with Gasteiger partial charge in [-0.3, -0.25) is 4.98 Å². The molecule has 4 nitrogen and oxygen atoms in total. The van der Waals surface area contributed by atoms with Gasteiger partial charge in [0.25, 0.3) is 0 Å². The van der Waals surface area contributed by atoms with Gasteiger partial charge in [0.1, 0.15) is 18.1 Å². The molecule has 1 atom stereocenters. The molecule has 0 bridgehead atoms. The van der Waals surface area contributed by atoms with E-state index in [2.05, 4.69) is 22.4 Å². The summed E-state index contributed by atoms with van der Waals surface area (Å²) in [6.45, 7) is 3.92. The fraction of sp³-hybridized carbons (Fsp3) is 0.227. The SMILES string of the molecule is CCOc1ccc(OCCNC(c2ccccc2)c2ccccn2)cc1. The van der Waals surface area contributed by atoms with E-state index in [4.69, 9.17) is 9.47 Å². The van der Waals surface area contributed by atoms with Crippen LogP contribution in [0.5, 0.6) is 11.5 Å². The van der Waals surface area contributed by atoms with Crippen LogP contribution in [0.4, 0.5) is 0 Å². The molecule has 0 aliphatic carbocycles. The van der Waals surface area contributed by atoms with Crippen molar-refractivity contribution in [3.05, 3.63) is 90.3 Å². The third-order valence-corrected chi connectivity index (χ3v) is 3.97. The molecule has 0 spiro atoms. The van der Waals surface area contributed by atoms with Gasteiger partial charge in [-0.25, -0.2) is 0 Å². The van der Waals surface area contributed by atoms with Crippen LogP contribution < -0.4 is 14.8 Å². The van der Waals surface area contributed by atoms with Crippen LogP contribution in [-0.4, -0.2) is 24.7 Å². The molecule has 2 aromatic carbocycles. The second kappa shape index (κ2) is 9.59. The van der Waals surface area contributed by atoms with Crippen LogP contribution in [-0.2, 0) is 0 Å². The number of ether oxygens (including phenoxy) is 2. The third kappa shape index (κ3) is 5.07. The molecule has 0 aliphatic heterocycles. The predicted octanol–water partition coefficient (Wildman–Crippen LogP) is 4.24. The first-order valence-corrected chi connectivity index (χ1v) is 8.91. The average Bonchev–Trinajstić information content (AvgIpc) is 2.71. The van der Waals surface area contributed by atoms with E-state index in [1.807, 2.05) is 73.8 Å². The Balaban J connectivity index is 1.56. The van der Waals surface area contributed by atoms with E-state index in [1.165, 1.54) is 5.56 Å². The lowest BCUT2D eigenvalue weighted by atomic mass is 10.0. The minimum absolute atomic E-state index is 0.0429. The Hall–Kier alpha value is -2.85. The molecule has 0 aliphatic rings. The fourth-order valence-electron chi connectivity index (χ4n) is 2.76. The van der Waals surface area contributed by atoms with Crippen LogP contribution >= 0.6 is 0 Å². The van der Waals surface area contributed by atoms with Gasteiger partial charge in [-0.15, -0.1) is 0 Å². The van der Waals surface area contributed by atoms with Crippen molar-refractivity contribution in [3.8, 4) is 11.5 Å². The van der Waals surface area contributed by atoms with E-state index in [9.17, 15) is 0 Å². The molecule has 3 rings (SSSR count).